The lowest BCUT2D eigenvalue weighted by Crippen LogP contribution is -2.57. The number of aliphatic hydroxyl groups excluding tert-OH is 1. The molecule has 1 fully saturated rings. The predicted octanol–water partition coefficient (Wildman–Crippen LogP) is -1.28. The second-order valence-electron chi connectivity index (χ2n) is 8.41. The second kappa shape index (κ2) is 13.6. The van der Waals surface area contributed by atoms with Crippen molar-refractivity contribution in [3.05, 3.63) is 35.9 Å². The van der Waals surface area contributed by atoms with E-state index in [1.165, 1.54) is 4.90 Å². The average molecular weight is 478 g/mol. The lowest BCUT2D eigenvalue weighted by molar-refractivity contribution is -0.144. The van der Waals surface area contributed by atoms with Crippen molar-refractivity contribution in [2.45, 2.75) is 62.7 Å². The number of carbonyl (C=O) groups is 4. The van der Waals surface area contributed by atoms with Gasteiger partial charge in [-0.25, -0.2) is 4.79 Å². The Hall–Kier alpha value is -3.02. The van der Waals surface area contributed by atoms with E-state index in [2.05, 4.69) is 10.6 Å². The summed E-state index contributed by atoms with van der Waals surface area (Å²) in [5.74, 6) is -2.94. The number of hydrogen-bond donors (Lipinski definition) is 6. The number of aliphatic carboxylic acids is 1. The van der Waals surface area contributed by atoms with Gasteiger partial charge in [0, 0.05) is 6.54 Å². The number of carboxylic acids is 1. The van der Waals surface area contributed by atoms with Crippen molar-refractivity contribution in [3.8, 4) is 0 Å². The van der Waals surface area contributed by atoms with Crippen LogP contribution in [0.3, 0.4) is 0 Å². The molecule has 188 valence electrons. The molecule has 11 nitrogen and oxygen atoms in total. The Morgan fingerprint density at radius 1 is 1.09 bits per heavy atom. The third-order valence-electron chi connectivity index (χ3n) is 5.83. The van der Waals surface area contributed by atoms with Crippen LogP contribution >= 0.6 is 0 Å². The van der Waals surface area contributed by atoms with Gasteiger partial charge in [0.15, 0.2) is 0 Å². The van der Waals surface area contributed by atoms with Gasteiger partial charge in [0.2, 0.25) is 17.7 Å². The van der Waals surface area contributed by atoms with Crippen LogP contribution in [-0.2, 0) is 25.6 Å². The van der Waals surface area contributed by atoms with Gasteiger partial charge in [-0.05, 0) is 50.6 Å². The molecular formula is C23H35N5O6. The fourth-order valence-electron chi connectivity index (χ4n) is 3.96. The summed E-state index contributed by atoms with van der Waals surface area (Å²) in [6.07, 6.45) is 2.77. The molecular weight excluding hydrogens is 442 g/mol. The highest BCUT2D eigenvalue weighted by molar-refractivity contribution is 5.94. The third-order valence-corrected chi connectivity index (χ3v) is 5.83. The van der Waals surface area contributed by atoms with Crippen LogP contribution in [0.5, 0.6) is 0 Å². The van der Waals surface area contributed by atoms with Crippen molar-refractivity contribution in [2.75, 3.05) is 19.7 Å². The first-order valence-corrected chi connectivity index (χ1v) is 11.5. The Morgan fingerprint density at radius 3 is 2.41 bits per heavy atom. The number of likely N-dealkylation sites (tertiary alicyclic amines) is 1. The van der Waals surface area contributed by atoms with Crippen LogP contribution in [-0.4, -0.2) is 82.7 Å². The van der Waals surface area contributed by atoms with E-state index < -0.39 is 48.6 Å². The molecule has 4 atom stereocenters. The van der Waals surface area contributed by atoms with Gasteiger partial charge in [-0.3, -0.25) is 14.4 Å². The normalized spacial score (nSPS) is 18.1. The summed E-state index contributed by atoms with van der Waals surface area (Å²) in [7, 11) is 0. The highest BCUT2D eigenvalue weighted by atomic mass is 16.4. The van der Waals surface area contributed by atoms with E-state index in [-0.39, 0.29) is 12.3 Å². The molecule has 0 aromatic heterocycles. The zero-order chi connectivity index (χ0) is 25.1. The molecule has 1 aliphatic heterocycles. The summed E-state index contributed by atoms with van der Waals surface area (Å²) in [4.78, 5) is 51.3. The van der Waals surface area contributed by atoms with E-state index in [0.717, 1.165) is 5.56 Å². The largest absolute Gasteiger partial charge is 0.480 e. The first kappa shape index (κ1) is 27.2. The van der Waals surface area contributed by atoms with Crippen molar-refractivity contribution in [2.24, 2.45) is 11.5 Å². The van der Waals surface area contributed by atoms with Crippen LogP contribution in [0.1, 0.15) is 37.7 Å². The minimum absolute atomic E-state index is 0.237. The Morgan fingerprint density at radius 2 is 1.79 bits per heavy atom. The summed E-state index contributed by atoms with van der Waals surface area (Å²) < 4.78 is 0. The molecule has 0 aliphatic carbocycles. The smallest absolute Gasteiger partial charge is 0.328 e. The van der Waals surface area contributed by atoms with Gasteiger partial charge in [-0.1, -0.05) is 30.3 Å². The Balaban J connectivity index is 2.05. The summed E-state index contributed by atoms with van der Waals surface area (Å²) in [6.45, 7) is 0.00464. The Labute approximate surface area is 198 Å². The number of nitrogens with two attached hydrogens (primary N) is 2. The van der Waals surface area contributed by atoms with Crippen molar-refractivity contribution < 1.29 is 29.4 Å². The molecule has 34 heavy (non-hydrogen) atoms. The van der Waals surface area contributed by atoms with Gasteiger partial charge in [0.1, 0.15) is 18.1 Å². The first-order valence-electron chi connectivity index (χ1n) is 11.5. The fourth-order valence-corrected chi connectivity index (χ4v) is 3.96. The van der Waals surface area contributed by atoms with Crippen LogP contribution < -0.4 is 22.1 Å². The van der Waals surface area contributed by atoms with Crippen LogP contribution in [0.15, 0.2) is 30.3 Å². The predicted molar refractivity (Wildman–Crippen MR) is 124 cm³/mol. The number of nitrogens with one attached hydrogen (secondary N) is 2. The van der Waals surface area contributed by atoms with Crippen molar-refractivity contribution in [1.29, 1.82) is 0 Å². The molecule has 11 heteroatoms. The molecule has 4 unspecified atom stereocenters. The lowest BCUT2D eigenvalue weighted by Gasteiger charge is -2.28. The number of benzene rings is 1. The molecule has 1 heterocycles. The van der Waals surface area contributed by atoms with E-state index in [0.29, 0.717) is 45.2 Å². The third kappa shape index (κ3) is 7.79. The molecule has 3 amide bonds. The minimum atomic E-state index is -1.48. The Kier molecular flexibility index (Phi) is 10.9. The minimum Gasteiger partial charge on any atom is -0.480 e. The standard InChI is InChI=1S/C23H35N5O6/c24-11-5-4-9-17(20(30)27-18(14-29)23(33)34)26-21(31)19-10-6-12-28(19)22(32)16(25)13-15-7-2-1-3-8-15/h1-3,7-8,16-19,29H,4-6,9-14,24-25H2,(H,26,31)(H,27,30)(H,33,34). The van der Waals surface area contributed by atoms with Crippen molar-refractivity contribution in [1.82, 2.24) is 15.5 Å². The quantitative estimate of drug-likeness (QED) is 0.189. The van der Waals surface area contributed by atoms with Gasteiger partial charge < -0.3 is 37.2 Å². The van der Waals surface area contributed by atoms with Gasteiger partial charge >= 0.3 is 5.97 Å². The van der Waals surface area contributed by atoms with Crippen LogP contribution in [0, 0.1) is 0 Å². The molecule has 1 saturated heterocycles. The molecule has 0 radical (unpaired) electrons. The Bertz CT molecular complexity index is 836. The lowest BCUT2D eigenvalue weighted by atomic mass is 10.0. The maximum Gasteiger partial charge on any atom is 0.328 e. The number of nitrogens with zero attached hydrogens (tertiary/aromatic N) is 1. The molecule has 1 aromatic rings. The number of aliphatic hydroxyl groups is 1. The molecule has 8 N–H and O–H groups in total. The van der Waals surface area contributed by atoms with Crippen LogP contribution in [0.25, 0.3) is 0 Å². The zero-order valence-corrected chi connectivity index (χ0v) is 19.2. The van der Waals surface area contributed by atoms with Crippen LogP contribution in [0.4, 0.5) is 0 Å². The maximum atomic E-state index is 13.1. The number of hydrogen-bond acceptors (Lipinski definition) is 7. The number of carbonyl (C=O) groups excluding carboxylic acids is 3. The van der Waals surface area contributed by atoms with Gasteiger partial charge in [0.05, 0.1) is 12.6 Å². The van der Waals surface area contributed by atoms with E-state index in [1.807, 2.05) is 30.3 Å². The highest BCUT2D eigenvalue weighted by Crippen LogP contribution is 2.20. The number of carboxylic acid groups (broad SMARTS) is 1. The summed E-state index contributed by atoms with van der Waals surface area (Å²) in [5.41, 5.74) is 12.6. The molecule has 0 spiro atoms. The fraction of sp³-hybridized carbons (Fsp3) is 0.565. The average Bonchev–Trinajstić information content (AvgIpc) is 3.31. The summed E-state index contributed by atoms with van der Waals surface area (Å²) in [6, 6.07) is 5.26. The van der Waals surface area contributed by atoms with Crippen LogP contribution in [0.2, 0.25) is 0 Å². The second-order valence-corrected chi connectivity index (χ2v) is 8.41. The van der Waals surface area contributed by atoms with E-state index in [1.54, 1.807) is 0 Å². The highest BCUT2D eigenvalue weighted by Gasteiger charge is 2.37. The first-order chi connectivity index (χ1) is 16.3. The summed E-state index contributed by atoms with van der Waals surface area (Å²) in [5, 5.41) is 23.2. The number of unbranched alkanes of at least 4 members (excludes halogenated alkanes) is 1. The maximum absolute atomic E-state index is 13.1. The molecule has 0 bridgehead atoms. The molecule has 0 saturated carbocycles. The van der Waals surface area contributed by atoms with Gasteiger partial charge in [0.25, 0.3) is 0 Å². The molecule has 1 aliphatic rings. The number of rotatable bonds is 13. The summed E-state index contributed by atoms with van der Waals surface area (Å²) >= 11 is 0. The monoisotopic (exact) mass is 477 g/mol. The topological polar surface area (TPSA) is 188 Å². The van der Waals surface area contributed by atoms with Crippen molar-refractivity contribution in [3.63, 3.8) is 0 Å². The van der Waals surface area contributed by atoms with Crippen molar-refractivity contribution >= 4 is 23.7 Å². The SMILES string of the molecule is NCCCCC(NC(=O)C1CCCN1C(=O)C(N)Cc1ccccc1)C(=O)NC(CO)C(=O)O. The van der Waals surface area contributed by atoms with E-state index in [4.69, 9.17) is 16.6 Å². The van der Waals surface area contributed by atoms with Gasteiger partial charge in [-0.15, -0.1) is 0 Å². The zero-order valence-electron chi connectivity index (χ0n) is 19.2. The van der Waals surface area contributed by atoms with E-state index in [9.17, 15) is 24.3 Å². The molecule has 2 rings (SSSR count). The number of amides is 3. The van der Waals surface area contributed by atoms with E-state index >= 15 is 0 Å². The molecule has 1 aromatic carbocycles. The van der Waals surface area contributed by atoms with Gasteiger partial charge in [-0.2, -0.15) is 0 Å².